The minimum absolute atomic E-state index is 0.0186. The number of anilines is 1. The molecule has 3 aromatic carbocycles. The van der Waals surface area contributed by atoms with Crippen LogP contribution >= 0.6 is 0 Å². The summed E-state index contributed by atoms with van der Waals surface area (Å²) in [6.45, 7) is 0. The molecule has 3 aromatic rings. The van der Waals surface area contributed by atoms with Gasteiger partial charge in [0.15, 0.2) is 11.5 Å². The molecule has 1 amide bonds. The van der Waals surface area contributed by atoms with Crippen molar-refractivity contribution in [2.24, 2.45) is 5.10 Å². The molecule has 0 unspecified atom stereocenters. The van der Waals surface area contributed by atoms with Crippen LogP contribution in [0.15, 0.2) is 76.7 Å². The fraction of sp³-hybridized carbons (Fsp3) is 0.0909. The lowest BCUT2D eigenvalue weighted by molar-refractivity contribution is 0.0955. The van der Waals surface area contributed by atoms with E-state index < -0.39 is 15.9 Å². The van der Waals surface area contributed by atoms with Crippen molar-refractivity contribution in [3.8, 4) is 17.2 Å². The van der Waals surface area contributed by atoms with Crippen LogP contribution in [0.25, 0.3) is 0 Å². The second-order valence-electron chi connectivity index (χ2n) is 6.49. The number of hydrogen-bond donors (Lipinski definition) is 3. The van der Waals surface area contributed by atoms with E-state index in [1.54, 1.807) is 36.4 Å². The standard InChI is InChI=1S/C22H21N3O6S/c1-30-18-9-7-17(8-10-18)25-32(28,29)19-5-3-4-16(13-19)22(27)24-23-14-15-6-11-20(26)21(12-15)31-2/h3-14,25-26H,1-2H3,(H,24,27)/b23-14+. The van der Waals surface area contributed by atoms with Gasteiger partial charge in [0.05, 0.1) is 25.3 Å². The number of sulfonamides is 1. The van der Waals surface area contributed by atoms with Gasteiger partial charge < -0.3 is 14.6 Å². The van der Waals surface area contributed by atoms with Crippen molar-refractivity contribution in [1.82, 2.24) is 5.43 Å². The number of aromatic hydroxyl groups is 1. The molecular weight excluding hydrogens is 434 g/mol. The molecule has 32 heavy (non-hydrogen) atoms. The van der Waals surface area contributed by atoms with Gasteiger partial charge in [0, 0.05) is 11.3 Å². The molecule has 0 saturated heterocycles. The number of hydrogen-bond acceptors (Lipinski definition) is 7. The van der Waals surface area contributed by atoms with Crippen LogP contribution in [0, 0.1) is 0 Å². The van der Waals surface area contributed by atoms with Gasteiger partial charge in [-0.15, -0.1) is 0 Å². The van der Waals surface area contributed by atoms with Gasteiger partial charge in [-0.3, -0.25) is 9.52 Å². The Balaban J connectivity index is 1.70. The first-order valence-corrected chi connectivity index (χ1v) is 10.8. The van der Waals surface area contributed by atoms with Gasteiger partial charge in [0.25, 0.3) is 15.9 Å². The number of carbonyl (C=O) groups excluding carboxylic acids is 1. The lowest BCUT2D eigenvalue weighted by Gasteiger charge is -2.10. The minimum atomic E-state index is -3.91. The summed E-state index contributed by atoms with van der Waals surface area (Å²) >= 11 is 0. The van der Waals surface area contributed by atoms with Crippen LogP contribution in [0.5, 0.6) is 17.2 Å². The Labute approximate surface area is 185 Å². The summed E-state index contributed by atoms with van der Waals surface area (Å²) in [5.41, 5.74) is 3.39. The van der Waals surface area contributed by atoms with Gasteiger partial charge in [0.2, 0.25) is 0 Å². The smallest absolute Gasteiger partial charge is 0.271 e. The molecule has 0 atom stereocenters. The Hall–Kier alpha value is -4.05. The van der Waals surface area contributed by atoms with Crippen LogP contribution in [-0.2, 0) is 10.0 Å². The van der Waals surface area contributed by atoms with Crippen LogP contribution < -0.4 is 19.6 Å². The van der Waals surface area contributed by atoms with E-state index in [1.807, 2.05) is 0 Å². The Bertz CT molecular complexity index is 1240. The first-order chi connectivity index (χ1) is 15.3. The predicted molar refractivity (Wildman–Crippen MR) is 120 cm³/mol. The zero-order valence-corrected chi connectivity index (χ0v) is 18.1. The van der Waals surface area contributed by atoms with Crippen molar-refractivity contribution in [2.45, 2.75) is 4.90 Å². The molecule has 0 bridgehead atoms. The highest BCUT2D eigenvalue weighted by Gasteiger charge is 2.16. The molecule has 0 aliphatic rings. The SMILES string of the molecule is COc1ccc(NS(=O)(=O)c2cccc(C(=O)N/N=C/c3ccc(O)c(OC)c3)c2)cc1. The van der Waals surface area contributed by atoms with Crippen molar-refractivity contribution in [3.63, 3.8) is 0 Å². The molecule has 0 saturated carbocycles. The number of methoxy groups -OCH3 is 2. The van der Waals surface area contributed by atoms with Gasteiger partial charge in [0.1, 0.15) is 5.75 Å². The van der Waals surface area contributed by atoms with Crippen molar-refractivity contribution in [2.75, 3.05) is 18.9 Å². The normalized spacial score (nSPS) is 11.2. The summed E-state index contributed by atoms with van der Waals surface area (Å²) in [4.78, 5) is 12.3. The Morgan fingerprint density at radius 3 is 2.44 bits per heavy atom. The van der Waals surface area contributed by atoms with Gasteiger partial charge in [-0.1, -0.05) is 6.07 Å². The second kappa shape index (κ2) is 9.84. The minimum Gasteiger partial charge on any atom is -0.504 e. The molecule has 0 spiro atoms. The average molecular weight is 455 g/mol. The highest BCUT2D eigenvalue weighted by Crippen LogP contribution is 2.25. The maximum atomic E-state index is 12.7. The van der Waals surface area contributed by atoms with Crippen molar-refractivity contribution >= 4 is 27.8 Å². The molecule has 0 aliphatic carbocycles. The maximum absolute atomic E-state index is 12.7. The van der Waals surface area contributed by atoms with Crippen molar-refractivity contribution < 1.29 is 27.8 Å². The lowest BCUT2D eigenvalue weighted by Crippen LogP contribution is -2.19. The van der Waals surface area contributed by atoms with Crippen molar-refractivity contribution in [1.29, 1.82) is 0 Å². The average Bonchev–Trinajstić information content (AvgIpc) is 2.80. The zero-order chi connectivity index (χ0) is 23.1. The van der Waals surface area contributed by atoms with Crippen LogP contribution in [0.2, 0.25) is 0 Å². The van der Waals surface area contributed by atoms with E-state index in [4.69, 9.17) is 9.47 Å². The van der Waals surface area contributed by atoms with E-state index in [0.29, 0.717) is 17.0 Å². The molecule has 0 aliphatic heterocycles. The van der Waals surface area contributed by atoms with E-state index in [2.05, 4.69) is 15.2 Å². The fourth-order valence-corrected chi connectivity index (χ4v) is 3.79. The summed E-state index contributed by atoms with van der Waals surface area (Å²) in [6.07, 6.45) is 1.37. The molecular formula is C22H21N3O6S. The summed E-state index contributed by atoms with van der Waals surface area (Å²) in [5, 5.41) is 13.5. The second-order valence-corrected chi connectivity index (χ2v) is 8.17. The monoisotopic (exact) mass is 455 g/mol. The number of ether oxygens (including phenoxy) is 2. The number of phenolic OH excluding ortho intramolecular Hbond substituents is 1. The number of phenols is 1. The van der Waals surface area contributed by atoms with Crippen LogP contribution in [-0.4, -0.2) is 39.9 Å². The van der Waals surface area contributed by atoms with E-state index >= 15 is 0 Å². The number of nitrogens with one attached hydrogen (secondary N) is 2. The lowest BCUT2D eigenvalue weighted by atomic mass is 10.2. The zero-order valence-electron chi connectivity index (χ0n) is 17.3. The Morgan fingerprint density at radius 1 is 1.00 bits per heavy atom. The van der Waals surface area contributed by atoms with Crippen molar-refractivity contribution in [3.05, 3.63) is 77.9 Å². The molecule has 9 nitrogen and oxygen atoms in total. The third-order valence-corrected chi connectivity index (χ3v) is 5.71. The number of nitrogens with zero attached hydrogens (tertiary/aromatic N) is 1. The third-order valence-electron chi connectivity index (χ3n) is 4.33. The summed E-state index contributed by atoms with van der Waals surface area (Å²) in [6, 6.07) is 16.5. The van der Waals surface area contributed by atoms with Gasteiger partial charge in [-0.25, -0.2) is 13.8 Å². The summed E-state index contributed by atoms with van der Waals surface area (Å²) < 4.78 is 37.9. The first-order valence-electron chi connectivity index (χ1n) is 9.30. The largest absolute Gasteiger partial charge is 0.504 e. The number of amides is 1. The summed E-state index contributed by atoms with van der Waals surface area (Å²) in [7, 11) is -0.977. The van der Waals surface area contributed by atoms with Crippen LogP contribution in [0.4, 0.5) is 5.69 Å². The molecule has 0 aromatic heterocycles. The topological polar surface area (TPSA) is 126 Å². The van der Waals surface area contributed by atoms with Crippen LogP contribution in [0.1, 0.15) is 15.9 Å². The quantitative estimate of drug-likeness (QED) is 0.354. The van der Waals surface area contributed by atoms with E-state index in [0.717, 1.165) is 0 Å². The third kappa shape index (κ3) is 5.55. The Morgan fingerprint density at radius 2 is 1.75 bits per heavy atom. The molecule has 0 radical (unpaired) electrons. The van der Waals surface area contributed by atoms with E-state index in [-0.39, 0.29) is 22.0 Å². The molecule has 0 fully saturated rings. The highest BCUT2D eigenvalue weighted by molar-refractivity contribution is 7.92. The number of hydrazone groups is 1. The van der Waals surface area contributed by atoms with E-state index in [1.165, 1.54) is 50.8 Å². The highest BCUT2D eigenvalue weighted by atomic mass is 32.2. The number of rotatable bonds is 8. The van der Waals surface area contributed by atoms with Gasteiger partial charge in [-0.05, 0) is 66.2 Å². The fourth-order valence-electron chi connectivity index (χ4n) is 2.68. The molecule has 0 heterocycles. The molecule has 166 valence electrons. The van der Waals surface area contributed by atoms with Crippen LogP contribution in [0.3, 0.4) is 0 Å². The predicted octanol–water partition coefficient (Wildman–Crippen LogP) is 2.97. The summed E-state index contributed by atoms with van der Waals surface area (Å²) in [5.74, 6) is 0.254. The number of carbonyl (C=O) groups is 1. The number of benzene rings is 3. The maximum Gasteiger partial charge on any atom is 0.271 e. The van der Waals surface area contributed by atoms with E-state index in [9.17, 15) is 18.3 Å². The van der Waals surface area contributed by atoms with Gasteiger partial charge in [-0.2, -0.15) is 5.10 Å². The molecule has 10 heteroatoms. The first kappa shape index (κ1) is 22.6. The molecule has 3 N–H and O–H groups in total. The van der Waals surface area contributed by atoms with Gasteiger partial charge >= 0.3 is 0 Å². The molecule has 3 rings (SSSR count). The Kier molecular flexibility index (Phi) is 6.96.